The molecule has 20 heavy (non-hydrogen) atoms. The van der Waals surface area contributed by atoms with Crippen LogP contribution in [0.3, 0.4) is 0 Å². The van der Waals surface area contributed by atoms with Crippen molar-refractivity contribution in [2.24, 2.45) is 0 Å². The Morgan fingerprint density at radius 1 is 1.45 bits per heavy atom. The zero-order valence-electron chi connectivity index (χ0n) is 12.0. The molecule has 1 fully saturated rings. The molecular formula is C15H23N3OS. The van der Waals surface area contributed by atoms with Gasteiger partial charge >= 0.3 is 6.03 Å². The summed E-state index contributed by atoms with van der Waals surface area (Å²) in [6.45, 7) is 6.59. The van der Waals surface area contributed by atoms with Gasteiger partial charge < -0.3 is 15.5 Å². The van der Waals surface area contributed by atoms with Crippen molar-refractivity contribution in [3.63, 3.8) is 0 Å². The first-order valence-corrected chi connectivity index (χ1v) is 8.23. The lowest BCUT2D eigenvalue weighted by Crippen LogP contribution is -2.30. The van der Waals surface area contributed by atoms with Crippen LogP contribution in [0.15, 0.2) is 29.2 Å². The van der Waals surface area contributed by atoms with Crippen LogP contribution < -0.4 is 10.6 Å². The quantitative estimate of drug-likeness (QED) is 0.571. The van der Waals surface area contributed by atoms with Crippen molar-refractivity contribution < 1.29 is 4.79 Å². The average molecular weight is 293 g/mol. The second-order valence-electron chi connectivity index (χ2n) is 4.89. The van der Waals surface area contributed by atoms with Gasteiger partial charge in [-0.15, -0.1) is 11.8 Å². The van der Waals surface area contributed by atoms with Crippen LogP contribution in [-0.2, 0) is 6.54 Å². The maximum absolute atomic E-state index is 11.4. The molecule has 1 aliphatic heterocycles. The van der Waals surface area contributed by atoms with Gasteiger partial charge in [0.05, 0.1) is 0 Å². The Bertz CT molecular complexity index is 439. The molecule has 0 atom stereocenters. The van der Waals surface area contributed by atoms with Crippen molar-refractivity contribution in [1.29, 1.82) is 0 Å². The number of benzene rings is 1. The summed E-state index contributed by atoms with van der Waals surface area (Å²) in [6, 6.07) is 8.70. The average Bonchev–Trinajstić information content (AvgIpc) is 2.85. The number of nitrogens with zero attached hydrogens (tertiary/aromatic N) is 1. The number of nitrogens with one attached hydrogen (secondary N) is 2. The van der Waals surface area contributed by atoms with E-state index < -0.39 is 0 Å². The Morgan fingerprint density at radius 2 is 2.35 bits per heavy atom. The number of rotatable bonds is 8. The molecule has 1 heterocycles. The second-order valence-corrected chi connectivity index (χ2v) is 6.06. The van der Waals surface area contributed by atoms with E-state index in [1.54, 1.807) is 0 Å². The summed E-state index contributed by atoms with van der Waals surface area (Å²) in [4.78, 5) is 14.6. The van der Waals surface area contributed by atoms with Gasteiger partial charge in [-0.25, -0.2) is 4.79 Å². The van der Waals surface area contributed by atoms with Crippen LogP contribution in [0.1, 0.15) is 18.9 Å². The van der Waals surface area contributed by atoms with E-state index in [0.717, 1.165) is 44.9 Å². The summed E-state index contributed by atoms with van der Waals surface area (Å²) < 4.78 is 0. The molecule has 1 saturated heterocycles. The van der Waals surface area contributed by atoms with Gasteiger partial charge in [0.2, 0.25) is 0 Å². The molecule has 0 bridgehead atoms. The van der Waals surface area contributed by atoms with E-state index in [1.807, 2.05) is 16.7 Å². The molecule has 2 amide bonds. The highest BCUT2D eigenvalue weighted by atomic mass is 32.2. The minimum atomic E-state index is 0.0723. The minimum Gasteiger partial charge on any atom is -0.336 e. The molecule has 2 N–H and O–H groups in total. The van der Waals surface area contributed by atoms with Crippen LogP contribution in [0.25, 0.3) is 0 Å². The van der Waals surface area contributed by atoms with E-state index in [0.29, 0.717) is 0 Å². The minimum absolute atomic E-state index is 0.0723. The van der Waals surface area contributed by atoms with Crippen LogP contribution in [0.2, 0.25) is 0 Å². The molecule has 0 radical (unpaired) electrons. The first-order valence-electron chi connectivity index (χ1n) is 7.25. The topological polar surface area (TPSA) is 44.4 Å². The number of thioether (sulfide) groups is 1. The molecule has 0 saturated carbocycles. The Labute approximate surface area is 125 Å². The Kier molecular flexibility index (Phi) is 6.21. The van der Waals surface area contributed by atoms with Crippen molar-refractivity contribution in [2.75, 3.05) is 31.9 Å². The predicted octanol–water partition coefficient (Wildman–Crippen LogP) is 2.30. The third-order valence-electron chi connectivity index (χ3n) is 3.23. The number of hydrogen-bond acceptors (Lipinski definition) is 3. The number of carbonyl (C=O) groups is 1. The molecule has 110 valence electrons. The summed E-state index contributed by atoms with van der Waals surface area (Å²) >= 11 is 1.81. The highest BCUT2D eigenvalue weighted by Crippen LogP contribution is 2.19. The zero-order valence-corrected chi connectivity index (χ0v) is 12.8. The zero-order chi connectivity index (χ0) is 14.2. The fraction of sp³-hybridized carbons (Fsp3) is 0.533. The Morgan fingerprint density at radius 3 is 3.10 bits per heavy atom. The van der Waals surface area contributed by atoms with Gasteiger partial charge in [-0.2, -0.15) is 0 Å². The van der Waals surface area contributed by atoms with Gasteiger partial charge in [0.25, 0.3) is 0 Å². The monoisotopic (exact) mass is 293 g/mol. The number of amides is 2. The largest absolute Gasteiger partial charge is 0.336 e. The molecular weight excluding hydrogens is 270 g/mol. The molecule has 2 rings (SSSR count). The van der Waals surface area contributed by atoms with E-state index in [9.17, 15) is 4.79 Å². The first kappa shape index (κ1) is 15.2. The molecule has 0 spiro atoms. The fourth-order valence-corrected chi connectivity index (χ4v) is 3.11. The van der Waals surface area contributed by atoms with Gasteiger partial charge in [0, 0.05) is 36.8 Å². The van der Waals surface area contributed by atoms with Crippen molar-refractivity contribution in [1.82, 2.24) is 15.5 Å². The molecule has 0 aliphatic carbocycles. The van der Waals surface area contributed by atoms with Crippen molar-refractivity contribution in [2.45, 2.75) is 24.8 Å². The maximum atomic E-state index is 11.4. The lowest BCUT2D eigenvalue weighted by molar-refractivity contribution is 0.220. The molecule has 5 heteroatoms. The Balaban J connectivity index is 1.74. The standard InChI is InChI=1S/C15H23N3OS/c1-2-6-16-12-13-4-3-5-14(11-13)20-10-9-18-8-7-17-15(18)19/h3-5,11,16H,2,6-10,12H2,1H3,(H,17,19). The van der Waals surface area contributed by atoms with Gasteiger partial charge in [-0.05, 0) is 30.7 Å². The van der Waals surface area contributed by atoms with Crippen LogP contribution in [0.4, 0.5) is 4.79 Å². The summed E-state index contributed by atoms with van der Waals surface area (Å²) in [5, 5.41) is 6.24. The summed E-state index contributed by atoms with van der Waals surface area (Å²) in [5.41, 5.74) is 1.32. The van der Waals surface area contributed by atoms with Crippen molar-refractivity contribution >= 4 is 17.8 Å². The van der Waals surface area contributed by atoms with Gasteiger partial charge in [-0.1, -0.05) is 19.1 Å². The number of hydrogen-bond donors (Lipinski definition) is 2. The third kappa shape index (κ3) is 4.72. The highest BCUT2D eigenvalue weighted by molar-refractivity contribution is 7.99. The maximum Gasteiger partial charge on any atom is 0.317 e. The van der Waals surface area contributed by atoms with Crippen molar-refractivity contribution in [3.05, 3.63) is 29.8 Å². The van der Waals surface area contributed by atoms with E-state index in [2.05, 4.69) is 41.8 Å². The normalized spacial score (nSPS) is 14.7. The predicted molar refractivity (Wildman–Crippen MR) is 84.1 cm³/mol. The molecule has 4 nitrogen and oxygen atoms in total. The third-order valence-corrected chi connectivity index (χ3v) is 4.20. The molecule has 1 aliphatic rings. The highest BCUT2D eigenvalue weighted by Gasteiger charge is 2.18. The molecule has 0 unspecified atom stereocenters. The van der Waals surface area contributed by atoms with Crippen LogP contribution in [0, 0.1) is 0 Å². The Hall–Kier alpha value is -1.20. The smallest absolute Gasteiger partial charge is 0.317 e. The first-order chi connectivity index (χ1) is 9.79. The fourth-order valence-electron chi connectivity index (χ4n) is 2.15. The van der Waals surface area contributed by atoms with Gasteiger partial charge in [0.15, 0.2) is 0 Å². The number of urea groups is 1. The van der Waals surface area contributed by atoms with E-state index in [1.165, 1.54) is 10.5 Å². The lowest BCUT2D eigenvalue weighted by Gasteiger charge is -2.13. The summed E-state index contributed by atoms with van der Waals surface area (Å²) in [7, 11) is 0. The van der Waals surface area contributed by atoms with E-state index in [-0.39, 0.29) is 6.03 Å². The van der Waals surface area contributed by atoms with E-state index >= 15 is 0 Å². The van der Waals surface area contributed by atoms with Crippen molar-refractivity contribution in [3.8, 4) is 0 Å². The van der Waals surface area contributed by atoms with Crippen LogP contribution in [0.5, 0.6) is 0 Å². The van der Waals surface area contributed by atoms with Crippen LogP contribution >= 0.6 is 11.8 Å². The van der Waals surface area contributed by atoms with Gasteiger partial charge in [0.1, 0.15) is 0 Å². The second kappa shape index (κ2) is 8.17. The molecule has 1 aromatic carbocycles. The lowest BCUT2D eigenvalue weighted by atomic mass is 10.2. The molecule has 0 aromatic heterocycles. The molecule has 1 aromatic rings. The van der Waals surface area contributed by atoms with E-state index in [4.69, 9.17) is 0 Å². The number of carbonyl (C=O) groups excluding carboxylic acids is 1. The summed E-state index contributed by atoms with van der Waals surface area (Å²) in [5.74, 6) is 0.944. The summed E-state index contributed by atoms with van der Waals surface area (Å²) in [6.07, 6.45) is 1.16. The van der Waals surface area contributed by atoms with Crippen LogP contribution in [-0.4, -0.2) is 42.9 Å². The van der Waals surface area contributed by atoms with Gasteiger partial charge in [-0.3, -0.25) is 0 Å². The SMILES string of the molecule is CCCNCc1cccc(SCCN2CCNC2=O)c1.